The molecule has 2 aromatic carbocycles. The summed E-state index contributed by atoms with van der Waals surface area (Å²) >= 11 is 0. The Hall–Kier alpha value is -2.74. The number of methoxy groups -OCH3 is 2. The van der Waals surface area contributed by atoms with E-state index in [1.807, 2.05) is 13.0 Å². The minimum atomic E-state index is -3.87. The zero-order valence-electron chi connectivity index (χ0n) is 16.2. The summed E-state index contributed by atoms with van der Waals surface area (Å²) in [5.41, 5.74) is 1.87. The highest BCUT2D eigenvalue weighted by atomic mass is 32.2. The van der Waals surface area contributed by atoms with Gasteiger partial charge >= 0.3 is 0 Å². The van der Waals surface area contributed by atoms with E-state index < -0.39 is 10.0 Å². The van der Waals surface area contributed by atoms with Crippen LogP contribution < -0.4 is 19.1 Å². The fraction of sp³-hybridized carbons (Fsp3) is 0.350. The van der Waals surface area contributed by atoms with E-state index in [-0.39, 0.29) is 16.6 Å². The van der Waals surface area contributed by atoms with Crippen molar-refractivity contribution in [2.75, 3.05) is 30.4 Å². The van der Waals surface area contributed by atoms with E-state index in [0.29, 0.717) is 36.5 Å². The van der Waals surface area contributed by atoms with Gasteiger partial charge in [-0.3, -0.25) is 9.52 Å². The SMILES string of the molecule is CCc1ccc(OC)c(S(=O)(=O)Nc2ccc(N3CCCC3=O)c(OC)c2)c1. The van der Waals surface area contributed by atoms with Crippen LogP contribution in [0.3, 0.4) is 0 Å². The molecule has 1 aliphatic rings. The quantitative estimate of drug-likeness (QED) is 0.766. The monoisotopic (exact) mass is 404 g/mol. The standard InChI is InChI=1S/C20H24N2O5S/c1-4-14-7-10-17(26-2)19(12-14)28(24,25)21-15-8-9-16(18(13-15)27-3)22-11-5-6-20(22)23/h7-10,12-13,21H,4-6,11H2,1-3H3. The molecule has 7 nitrogen and oxygen atoms in total. The third kappa shape index (κ3) is 3.91. The van der Waals surface area contributed by atoms with Crippen LogP contribution in [-0.2, 0) is 21.2 Å². The third-order valence-corrected chi connectivity index (χ3v) is 6.12. The van der Waals surface area contributed by atoms with Gasteiger partial charge in [-0.2, -0.15) is 0 Å². The van der Waals surface area contributed by atoms with Gasteiger partial charge < -0.3 is 14.4 Å². The van der Waals surface area contributed by atoms with Gasteiger partial charge in [0.1, 0.15) is 16.4 Å². The van der Waals surface area contributed by atoms with E-state index in [9.17, 15) is 13.2 Å². The Labute approximate surface area is 165 Å². The van der Waals surface area contributed by atoms with Crippen LogP contribution in [0.25, 0.3) is 0 Å². The van der Waals surface area contributed by atoms with Crippen LogP contribution in [0.15, 0.2) is 41.3 Å². The molecule has 0 atom stereocenters. The number of sulfonamides is 1. The van der Waals surface area contributed by atoms with Crippen molar-refractivity contribution in [1.82, 2.24) is 0 Å². The minimum absolute atomic E-state index is 0.0350. The predicted octanol–water partition coefficient (Wildman–Crippen LogP) is 3.19. The van der Waals surface area contributed by atoms with Crippen LogP contribution in [0.1, 0.15) is 25.3 Å². The summed E-state index contributed by atoms with van der Waals surface area (Å²) in [7, 11) is -0.941. The van der Waals surface area contributed by atoms with Crippen LogP contribution in [0.2, 0.25) is 0 Å². The number of amides is 1. The molecule has 0 spiro atoms. The van der Waals surface area contributed by atoms with Gasteiger partial charge in [0.25, 0.3) is 10.0 Å². The fourth-order valence-corrected chi connectivity index (χ4v) is 4.50. The molecule has 3 rings (SSSR count). The fourth-order valence-electron chi connectivity index (χ4n) is 3.23. The number of hydrogen-bond donors (Lipinski definition) is 1. The van der Waals surface area contributed by atoms with Crippen molar-refractivity contribution in [3.05, 3.63) is 42.0 Å². The molecule has 28 heavy (non-hydrogen) atoms. The van der Waals surface area contributed by atoms with Crippen molar-refractivity contribution in [3.63, 3.8) is 0 Å². The molecule has 1 fully saturated rings. The summed E-state index contributed by atoms with van der Waals surface area (Å²) in [6.45, 7) is 2.58. The average Bonchev–Trinajstić information content (AvgIpc) is 3.12. The van der Waals surface area contributed by atoms with Crippen molar-refractivity contribution in [1.29, 1.82) is 0 Å². The smallest absolute Gasteiger partial charge is 0.265 e. The van der Waals surface area contributed by atoms with E-state index in [1.54, 1.807) is 35.2 Å². The second-order valence-electron chi connectivity index (χ2n) is 6.48. The number of aryl methyl sites for hydroxylation is 1. The molecule has 0 aliphatic carbocycles. The molecular formula is C20H24N2O5S. The highest BCUT2D eigenvalue weighted by molar-refractivity contribution is 7.92. The summed E-state index contributed by atoms with van der Waals surface area (Å²) in [5.74, 6) is 0.744. The lowest BCUT2D eigenvalue weighted by molar-refractivity contribution is -0.117. The average molecular weight is 404 g/mol. The lowest BCUT2D eigenvalue weighted by Gasteiger charge is -2.20. The van der Waals surface area contributed by atoms with Gasteiger partial charge in [-0.25, -0.2) is 8.42 Å². The molecule has 0 saturated carbocycles. The Morgan fingerprint density at radius 2 is 1.82 bits per heavy atom. The van der Waals surface area contributed by atoms with Crippen LogP contribution in [0, 0.1) is 0 Å². The maximum atomic E-state index is 12.9. The molecule has 150 valence electrons. The zero-order chi connectivity index (χ0) is 20.3. The van der Waals surface area contributed by atoms with Crippen LogP contribution >= 0.6 is 0 Å². The normalized spacial score (nSPS) is 14.2. The molecule has 8 heteroatoms. The van der Waals surface area contributed by atoms with Gasteiger partial charge in [-0.1, -0.05) is 13.0 Å². The first-order valence-electron chi connectivity index (χ1n) is 9.07. The molecule has 1 amide bonds. The van der Waals surface area contributed by atoms with E-state index >= 15 is 0 Å². The van der Waals surface area contributed by atoms with E-state index in [0.717, 1.165) is 12.0 Å². The maximum absolute atomic E-state index is 12.9. The molecule has 1 heterocycles. The van der Waals surface area contributed by atoms with Gasteiger partial charge in [0.15, 0.2) is 0 Å². The number of benzene rings is 2. The Kier molecular flexibility index (Phi) is 5.79. The van der Waals surface area contributed by atoms with Crippen LogP contribution in [-0.4, -0.2) is 35.1 Å². The van der Waals surface area contributed by atoms with E-state index in [4.69, 9.17) is 9.47 Å². The third-order valence-electron chi connectivity index (χ3n) is 4.72. The first kappa shape index (κ1) is 20.0. The second kappa shape index (κ2) is 8.10. The molecule has 0 radical (unpaired) electrons. The van der Waals surface area contributed by atoms with Crippen molar-refractivity contribution in [2.45, 2.75) is 31.1 Å². The number of anilines is 2. The lowest BCUT2D eigenvalue weighted by atomic mass is 10.2. The number of rotatable bonds is 7. The molecule has 0 bridgehead atoms. The zero-order valence-corrected chi connectivity index (χ0v) is 17.0. The number of ether oxygens (including phenoxy) is 2. The summed E-state index contributed by atoms with van der Waals surface area (Å²) in [5, 5.41) is 0. The second-order valence-corrected chi connectivity index (χ2v) is 8.13. The summed E-state index contributed by atoms with van der Waals surface area (Å²) < 4.78 is 39.1. The van der Waals surface area contributed by atoms with Crippen LogP contribution in [0.4, 0.5) is 11.4 Å². The largest absolute Gasteiger partial charge is 0.495 e. The minimum Gasteiger partial charge on any atom is -0.495 e. The van der Waals surface area contributed by atoms with Gasteiger partial charge in [0.2, 0.25) is 5.91 Å². The molecule has 0 unspecified atom stereocenters. The van der Waals surface area contributed by atoms with E-state index in [1.165, 1.54) is 14.2 Å². The Bertz CT molecular complexity index is 988. The first-order chi connectivity index (χ1) is 13.4. The number of carbonyl (C=O) groups excluding carboxylic acids is 1. The van der Waals surface area contributed by atoms with E-state index in [2.05, 4.69) is 4.72 Å². The van der Waals surface area contributed by atoms with Crippen molar-refractivity contribution in [2.24, 2.45) is 0 Å². The van der Waals surface area contributed by atoms with Crippen molar-refractivity contribution in [3.8, 4) is 11.5 Å². The molecule has 0 aromatic heterocycles. The lowest BCUT2D eigenvalue weighted by Crippen LogP contribution is -2.24. The molecule has 1 aliphatic heterocycles. The van der Waals surface area contributed by atoms with Gasteiger partial charge in [-0.15, -0.1) is 0 Å². The molecule has 1 saturated heterocycles. The maximum Gasteiger partial charge on any atom is 0.265 e. The van der Waals surface area contributed by atoms with Gasteiger partial charge in [0, 0.05) is 19.0 Å². The molecular weight excluding hydrogens is 380 g/mol. The van der Waals surface area contributed by atoms with Gasteiger partial charge in [-0.05, 0) is 42.7 Å². The summed E-state index contributed by atoms with van der Waals surface area (Å²) in [6, 6.07) is 9.99. The Morgan fingerprint density at radius 1 is 1.07 bits per heavy atom. The topological polar surface area (TPSA) is 84.9 Å². The number of nitrogens with one attached hydrogen (secondary N) is 1. The molecule has 2 aromatic rings. The Balaban J connectivity index is 1.94. The summed E-state index contributed by atoms with van der Waals surface area (Å²) in [4.78, 5) is 13.8. The number of nitrogens with zero attached hydrogens (tertiary/aromatic N) is 1. The predicted molar refractivity (Wildman–Crippen MR) is 108 cm³/mol. The van der Waals surface area contributed by atoms with Crippen molar-refractivity contribution < 1.29 is 22.7 Å². The molecule has 1 N–H and O–H groups in total. The number of carbonyl (C=O) groups is 1. The summed E-state index contributed by atoms with van der Waals surface area (Å²) in [6.07, 6.45) is 2.01. The first-order valence-corrected chi connectivity index (χ1v) is 10.6. The highest BCUT2D eigenvalue weighted by Crippen LogP contribution is 2.35. The van der Waals surface area contributed by atoms with Gasteiger partial charge in [0.05, 0.1) is 25.6 Å². The van der Waals surface area contributed by atoms with Crippen LogP contribution in [0.5, 0.6) is 11.5 Å². The number of hydrogen-bond acceptors (Lipinski definition) is 5. The highest BCUT2D eigenvalue weighted by Gasteiger charge is 2.25. The van der Waals surface area contributed by atoms with Crippen molar-refractivity contribution >= 4 is 27.3 Å². The Morgan fingerprint density at radius 3 is 2.43 bits per heavy atom.